The maximum absolute atomic E-state index is 12.2. The molecule has 1 aliphatic rings. The van der Waals surface area contributed by atoms with Crippen molar-refractivity contribution < 1.29 is 4.79 Å². The van der Waals surface area contributed by atoms with Crippen molar-refractivity contribution in [3.05, 3.63) is 66.0 Å². The van der Waals surface area contributed by atoms with Crippen LogP contribution in [0.5, 0.6) is 0 Å². The van der Waals surface area contributed by atoms with Gasteiger partial charge in [0.05, 0.1) is 11.7 Å². The second-order valence-electron chi connectivity index (χ2n) is 4.97. The van der Waals surface area contributed by atoms with Crippen LogP contribution in [0.4, 0.5) is 0 Å². The van der Waals surface area contributed by atoms with Crippen LogP contribution in [0.25, 0.3) is 0 Å². The van der Waals surface area contributed by atoms with Gasteiger partial charge < -0.3 is 4.90 Å². The van der Waals surface area contributed by atoms with Crippen LogP contribution in [0.1, 0.15) is 23.7 Å². The van der Waals surface area contributed by atoms with Crippen LogP contribution in [-0.4, -0.2) is 27.6 Å². The molecule has 1 aromatic heterocycles. The molecule has 0 saturated carbocycles. The van der Waals surface area contributed by atoms with E-state index in [1.54, 1.807) is 6.20 Å². The number of aromatic nitrogens is 1. The first-order chi connectivity index (χ1) is 9.75. The molecule has 1 fully saturated rings. The van der Waals surface area contributed by atoms with Gasteiger partial charge in [0, 0.05) is 24.4 Å². The molecule has 4 heteroatoms. The summed E-state index contributed by atoms with van der Waals surface area (Å²) < 4.78 is 0. The fourth-order valence-electron chi connectivity index (χ4n) is 2.65. The lowest BCUT2D eigenvalue weighted by molar-refractivity contribution is -0.129. The Bertz CT molecular complexity index is 548. The monoisotopic (exact) mass is 284 g/mol. The number of nitrogens with zero attached hydrogens (tertiary/aromatic N) is 2. The predicted molar refractivity (Wildman–Crippen MR) is 81.6 cm³/mol. The van der Waals surface area contributed by atoms with Gasteiger partial charge in [0.25, 0.3) is 0 Å². The summed E-state index contributed by atoms with van der Waals surface area (Å²) in [7, 11) is 0. The molecular formula is C16H16N2OS. The van der Waals surface area contributed by atoms with Crippen LogP contribution in [0, 0.1) is 0 Å². The summed E-state index contributed by atoms with van der Waals surface area (Å²) in [5.41, 5.74) is 1.98. The van der Waals surface area contributed by atoms with E-state index in [0.717, 1.165) is 11.3 Å². The minimum absolute atomic E-state index is 0.109. The lowest BCUT2D eigenvalue weighted by Crippen LogP contribution is -2.31. The largest absolute Gasteiger partial charge is 0.329 e. The molecule has 20 heavy (non-hydrogen) atoms. The van der Waals surface area contributed by atoms with Crippen LogP contribution in [0.2, 0.25) is 0 Å². The third-order valence-corrected chi connectivity index (χ3v) is 3.88. The van der Waals surface area contributed by atoms with Crippen molar-refractivity contribution in [3.8, 4) is 0 Å². The number of thiol groups is 1. The molecule has 102 valence electrons. The molecule has 2 aromatic rings. The minimum atomic E-state index is -0.123. The molecule has 0 spiro atoms. The van der Waals surface area contributed by atoms with Crippen molar-refractivity contribution in [2.45, 2.75) is 17.7 Å². The summed E-state index contributed by atoms with van der Waals surface area (Å²) in [6.07, 6.45) is 2.27. The number of pyridine rings is 1. The van der Waals surface area contributed by atoms with Crippen LogP contribution in [0.15, 0.2) is 54.7 Å². The molecule has 1 amide bonds. The number of benzene rings is 1. The number of carbonyl (C=O) groups is 1. The van der Waals surface area contributed by atoms with Gasteiger partial charge in [-0.2, -0.15) is 12.6 Å². The molecule has 2 atom stereocenters. The smallest absolute Gasteiger partial charge is 0.224 e. The molecule has 1 aromatic carbocycles. The first-order valence-corrected chi connectivity index (χ1v) is 7.21. The number of likely N-dealkylation sites (tertiary alicyclic amines) is 1. The molecule has 1 aliphatic heterocycles. The average Bonchev–Trinajstić information content (AvgIpc) is 2.80. The van der Waals surface area contributed by atoms with Crippen molar-refractivity contribution in [1.29, 1.82) is 0 Å². The predicted octanol–water partition coefficient (Wildman–Crippen LogP) is 2.70. The van der Waals surface area contributed by atoms with E-state index in [-0.39, 0.29) is 17.2 Å². The SMILES string of the molecule is O=C1CC(S)CN1C(c1ccccc1)c1ccccn1. The van der Waals surface area contributed by atoms with Gasteiger partial charge in [-0.25, -0.2) is 0 Å². The third-order valence-electron chi connectivity index (χ3n) is 3.53. The third kappa shape index (κ3) is 2.56. The Labute approximate surface area is 124 Å². The van der Waals surface area contributed by atoms with Crippen LogP contribution in [0.3, 0.4) is 0 Å². The molecule has 2 unspecified atom stereocenters. The lowest BCUT2D eigenvalue weighted by atomic mass is 10.0. The summed E-state index contributed by atoms with van der Waals surface area (Å²) in [6, 6.07) is 15.7. The van der Waals surface area contributed by atoms with E-state index >= 15 is 0 Å². The highest BCUT2D eigenvalue weighted by atomic mass is 32.1. The van der Waals surface area contributed by atoms with Gasteiger partial charge in [-0.1, -0.05) is 36.4 Å². The van der Waals surface area contributed by atoms with Gasteiger partial charge in [-0.05, 0) is 17.7 Å². The Morgan fingerprint density at radius 2 is 1.90 bits per heavy atom. The van der Waals surface area contributed by atoms with Gasteiger partial charge in [-0.15, -0.1) is 0 Å². The zero-order valence-corrected chi connectivity index (χ0v) is 11.9. The zero-order valence-electron chi connectivity index (χ0n) is 11.0. The highest BCUT2D eigenvalue weighted by Crippen LogP contribution is 2.32. The van der Waals surface area contributed by atoms with Gasteiger partial charge in [0.2, 0.25) is 5.91 Å². The van der Waals surface area contributed by atoms with E-state index in [4.69, 9.17) is 0 Å². The zero-order chi connectivity index (χ0) is 13.9. The van der Waals surface area contributed by atoms with E-state index in [0.29, 0.717) is 13.0 Å². The van der Waals surface area contributed by atoms with Gasteiger partial charge in [-0.3, -0.25) is 9.78 Å². The van der Waals surface area contributed by atoms with Gasteiger partial charge in [0.15, 0.2) is 0 Å². The van der Waals surface area contributed by atoms with Gasteiger partial charge in [0.1, 0.15) is 0 Å². The van der Waals surface area contributed by atoms with E-state index in [1.165, 1.54) is 0 Å². The van der Waals surface area contributed by atoms with Gasteiger partial charge >= 0.3 is 0 Å². The minimum Gasteiger partial charge on any atom is -0.329 e. The first-order valence-electron chi connectivity index (χ1n) is 6.69. The molecular weight excluding hydrogens is 268 g/mol. The number of hydrogen-bond acceptors (Lipinski definition) is 3. The average molecular weight is 284 g/mol. The molecule has 3 nitrogen and oxygen atoms in total. The molecule has 1 saturated heterocycles. The second kappa shape index (κ2) is 5.67. The van der Waals surface area contributed by atoms with E-state index in [9.17, 15) is 4.79 Å². The maximum Gasteiger partial charge on any atom is 0.224 e. The highest BCUT2D eigenvalue weighted by molar-refractivity contribution is 7.81. The number of hydrogen-bond donors (Lipinski definition) is 1. The Balaban J connectivity index is 2.03. The number of carbonyl (C=O) groups excluding carboxylic acids is 1. The van der Waals surface area contributed by atoms with Crippen molar-refractivity contribution >= 4 is 18.5 Å². The second-order valence-corrected chi connectivity index (χ2v) is 5.70. The standard InChI is InChI=1S/C16H16N2OS/c19-15-10-13(20)11-18(15)16(12-6-2-1-3-7-12)14-8-4-5-9-17-14/h1-9,13,16,20H,10-11H2. The van der Waals surface area contributed by atoms with Crippen molar-refractivity contribution in [2.75, 3.05) is 6.54 Å². The van der Waals surface area contributed by atoms with Crippen molar-refractivity contribution in [3.63, 3.8) is 0 Å². The van der Waals surface area contributed by atoms with E-state index in [2.05, 4.69) is 17.6 Å². The molecule has 2 heterocycles. The normalized spacial score (nSPS) is 20.1. The van der Waals surface area contributed by atoms with Crippen LogP contribution >= 0.6 is 12.6 Å². The van der Waals surface area contributed by atoms with E-state index in [1.807, 2.05) is 53.4 Å². The summed E-state index contributed by atoms with van der Waals surface area (Å²) in [5, 5.41) is 0.109. The van der Waals surface area contributed by atoms with Crippen LogP contribution < -0.4 is 0 Å². The summed E-state index contributed by atoms with van der Waals surface area (Å²) in [5.74, 6) is 0.143. The fourth-order valence-corrected chi connectivity index (χ4v) is 2.98. The fraction of sp³-hybridized carbons (Fsp3) is 0.250. The molecule has 0 radical (unpaired) electrons. The summed E-state index contributed by atoms with van der Waals surface area (Å²) in [6.45, 7) is 0.665. The van der Waals surface area contributed by atoms with Crippen molar-refractivity contribution in [1.82, 2.24) is 9.88 Å². The Hall–Kier alpha value is -1.81. The number of rotatable bonds is 3. The van der Waals surface area contributed by atoms with Crippen LogP contribution in [-0.2, 0) is 4.79 Å². The quantitative estimate of drug-likeness (QED) is 0.879. The first kappa shape index (κ1) is 13.2. The lowest BCUT2D eigenvalue weighted by Gasteiger charge is -2.28. The van der Waals surface area contributed by atoms with Crippen molar-refractivity contribution in [2.24, 2.45) is 0 Å². The Morgan fingerprint density at radius 1 is 1.15 bits per heavy atom. The molecule has 0 aliphatic carbocycles. The van der Waals surface area contributed by atoms with E-state index < -0.39 is 0 Å². The molecule has 0 N–H and O–H groups in total. The Morgan fingerprint density at radius 3 is 2.50 bits per heavy atom. The molecule has 3 rings (SSSR count). The highest BCUT2D eigenvalue weighted by Gasteiger charge is 2.34. The number of amides is 1. The summed E-state index contributed by atoms with van der Waals surface area (Å²) in [4.78, 5) is 18.5. The molecule has 0 bridgehead atoms. The summed E-state index contributed by atoms with van der Waals surface area (Å²) >= 11 is 4.45. The topological polar surface area (TPSA) is 33.2 Å². The maximum atomic E-state index is 12.2. The Kier molecular flexibility index (Phi) is 3.74.